The Bertz CT molecular complexity index is 3340. The minimum atomic E-state index is -3.84. The number of hydrogen-bond acceptors (Lipinski definition) is 4. The van der Waals surface area contributed by atoms with Crippen molar-refractivity contribution in [1.29, 1.82) is 0 Å². The van der Waals surface area contributed by atoms with Crippen LogP contribution in [0.4, 0.5) is 17.1 Å². The molecule has 0 N–H and O–H groups in total. The minimum Gasteiger partial charge on any atom is -0.456 e. The van der Waals surface area contributed by atoms with Crippen LogP contribution in [0.5, 0.6) is 0 Å². The molecule has 2 bridgehead atoms. The lowest BCUT2D eigenvalue weighted by Crippen LogP contribution is -2.54. The Morgan fingerprint density at radius 2 is 1.05 bits per heavy atom. The van der Waals surface area contributed by atoms with Gasteiger partial charge in [0.25, 0.3) is 0 Å². The van der Waals surface area contributed by atoms with Crippen molar-refractivity contribution in [2.45, 2.75) is 54.7 Å². The zero-order chi connectivity index (χ0) is 43.2. The second-order valence-corrected chi connectivity index (χ2v) is 20.6. The zero-order valence-corrected chi connectivity index (χ0v) is 36.9. The monoisotopic (exact) mass is 851 g/mol. The average molecular weight is 852 g/mol. The first kappa shape index (κ1) is 38.9. The molecule has 0 saturated heterocycles. The van der Waals surface area contributed by atoms with E-state index >= 15 is 8.42 Å². The summed E-state index contributed by atoms with van der Waals surface area (Å²) < 4.78 is 36.5. The summed E-state index contributed by atoms with van der Waals surface area (Å²) in [7, 11) is -3.84. The van der Waals surface area contributed by atoms with Crippen LogP contribution in [0.1, 0.15) is 50.7 Å². The van der Waals surface area contributed by atoms with Crippen molar-refractivity contribution in [3.05, 3.63) is 199 Å². The number of anilines is 3. The van der Waals surface area contributed by atoms with Gasteiger partial charge in [-0.25, -0.2) is 8.42 Å². The predicted molar refractivity (Wildman–Crippen MR) is 261 cm³/mol. The number of benzene rings is 8. The summed E-state index contributed by atoms with van der Waals surface area (Å²) in [4.78, 5) is 3.17. The fourth-order valence-corrected chi connectivity index (χ4v) is 14.3. The zero-order valence-electron chi connectivity index (χ0n) is 36.1. The topological polar surface area (TPSA) is 50.5 Å². The van der Waals surface area contributed by atoms with E-state index < -0.39 is 9.84 Å². The van der Waals surface area contributed by atoms with Crippen molar-refractivity contribution in [3.8, 4) is 33.4 Å². The van der Waals surface area contributed by atoms with Crippen LogP contribution in [-0.2, 0) is 15.3 Å². The standard InChI is InChI=1S/C59H49NO3S/c1-38-32-43-34-39(2)35-44(33-38)59(43)52-22-9-11-25-56(52)64(61,62)57-37-47(30-31-53(57)59)60(46-17-12-16-42(36-46)40-14-4-3-5-15-40)45-28-26-41(27-29-45)48-18-6-7-19-49(48)50-21-13-24-55-58(50)51-20-8-10-23-54(51)63-55/h3-31,36-39,43-44H,32-35H2,1-2H3/t38-,39+,43+,44-,59?. The molecule has 1 spiro atoms. The van der Waals surface area contributed by atoms with Gasteiger partial charge in [-0.05, 0) is 148 Å². The van der Waals surface area contributed by atoms with Crippen LogP contribution < -0.4 is 4.90 Å². The van der Waals surface area contributed by atoms with Gasteiger partial charge in [0.1, 0.15) is 11.2 Å². The van der Waals surface area contributed by atoms with Crippen molar-refractivity contribution in [2.24, 2.45) is 23.7 Å². The molecule has 1 aliphatic heterocycles. The maximum atomic E-state index is 15.1. The Morgan fingerprint density at radius 3 is 1.83 bits per heavy atom. The highest BCUT2D eigenvalue weighted by molar-refractivity contribution is 7.91. The number of furan rings is 1. The van der Waals surface area contributed by atoms with Crippen molar-refractivity contribution < 1.29 is 12.8 Å². The van der Waals surface area contributed by atoms with Gasteiger partial charge in [0.2, 0.25) is 9.84 Å². The highest BCUT2D eigenvalue weighted by atomic mass is 32.2. The average Bonchev–Trinajstić information content (AvgIpc) is 3.71. The molecule has 2 fully saturated rings. The summed E-state index contributed by atoms with van der Waals surface area (Å²) in [5.41, 5.74) is 12.8. The lowest BCUT2D eigenvalue weighted by atomic mass is 9.46. The van der Waals surface area contributed by atoms with Crippen molar-refractivity contribution in [3.63, 3.8) is 0 Å². The number of nitrogens with zero attached hydrogens (tertiary/aromatic N) is 1. The molecule has 0 atom stereocenters. The quantitative estimate of drug-likeness (QED) is 0.167. The van der Waals surface area contributed by atoms with Gasteiger partial charge in [0.15, 0.2) is 0 Å². The van der Waals surface area contributed by atoms with E-state index in [1.165, 1.54) is 0 Å². The number of para-hydroxylation sites is 1. The maximum Gasteiger partial charge on any atom is 0.207 e. The van der Waals surface area contributed by atoms with Crippen LogP contribution in [-0.4, -0.2) is 8.42 Å². The minimum absolute atomic E-state index is 0.338. The fraction of sp³-hybridized carbons (Fsp3) is 0.186. The molecule has 0 unspecified atom stereocenters. The maximum absolute atomic E-state index is 15.1. The van der Waals surface area contributed by atoms with Gasteiger partial charge in [-0.15, -0.1) is 0 Å². The molecule has 2 aliphatic carbocycles. The third-order valence-corrected chi connectivity index (χ3v) is 16.7. The summed E-state index contributed by atoms with van der Waals surface area (Å²) in [5.74, 6) is 1.98. The molecule has 12 rings (SSSR count). The predicted octanol–water partition coefficient (Wildman–Crippen LogP) is 15.6. The van der Waals surface area contributed by atoms with Gasteiger partial charge in [-0.2, -0.15) is 0 Å². The number of hydrogen-bond donors (Lipinski definition) is 0. The summed E-state index contributed by atoms with van der Waals surface area (Å²) in [6, 6.07) is 65.2. The van der Waals surface area contributed by atoms with Gasteiger partial charge in [0.05, 0.1) is 9.79 Å². The van der Waals surface area contributed by atoms with E-state index in [0.717, 1.165) is 109 Å². The molecule has 9 aromatic rings. The molecule has 8 aromatic carbocycles. The molecule has 314 valence electrons. The normalized spacial score (nSPS) is 22.0. The van der Waals surface area contributed by atoms with Crippen LogP contribution in [0.2, 0.25) is 0 Å². The summed E-state index contributed by atoms with van der Waals surface area (Å²) in [5, 5.41) is 2.21. The van der Waals surface area contributed by atoms with Crippen molar-refractivity contribution in [2.75, 3.05) is 4.90 Å². The van der Waals surface area contributed by atoms with Crippen molar-refractivity contribution in [1.82, 2.24) is 0 Å². The number of sulfone groups is 1. The molecule has 5 heteroatoms. The van der Waals surface area contributed by atoms with E-state index in [0.29, 0.717) is 33.5 Å². The van der Waals surface area contributed by atoms with Gasteiger partial charge in [-0.1, -0.05) is 147 Å². The van der Waals surface area contributed by atoms with Gasteiger partial charge in [-0.3, -0.25) is 0 Å². The van der Waals surface area contributed by atoms with E-state index in [9.17, 15) is 0 Å². The van der Waals surface area contributed by atoms with Gasteiger partial charge >= 0.3 is 0 Å². The van der Waals surface area contributed by atoms with Crippen LogP contribution in [0, 0.1) is 23.7 Å². The van der Waals surface area contributed by atoms with Crippen LogP contribution in [0.15, 0.2) is 202 Å². The Hall–Kier alpha value is -6.69. The summed E-state index contributed by atoms with van der Waals surface area (Å²) >= 11 is 0. The third-order valence-electron chi connectivity index (χ3n) is 14.9. The Morgan fingerprint density at radius 1 is 0.469 bits per heavy atom. The fourth-order valence-electron chi connectivity index (χ4n) is 12.5. The third kappa shape index (κ3) is 5.97. The van der Waals surface area contributed by atoms with Crippen LogP contribution in [0.3, 0.4) is 0 Å². The van der Waals surface area contributed by atoms with E-state index in [1.54, 1.807) is 0 Å². The molecule has 3 aliphatic rings. The van der Waals surface area contributed by atoms with Crippen molar-refractivity contribution >= 4 is 48.8 Å². The first-order valence-electron chi connectivity index (χ1n) is 22.8. The first-order chi connectivity index (χ1) is 31.3. The first-order valence-corrected chi connectivity index (χ1v) is 24.3. The van der Waals surface area contributed by atoms with E-state index in [1.807, 2.05) is 42.5 Å². The van der Waals surface area contributed by atoms with Gasteiger partial charge < -0.3 is 9.32 Å². The highest BCUT2D eigenvalue weighted by Gasteiger charge is 2.59. The number of rotatable bonds is 6. The highest BCUT2D eigenvalue weighted by Crippen LogP contribution is 2.64. The van der Waals surface area contributed by atoms with Gasteiger partial charge in [0, 0.05) is 33.2 Å². The van der Waals surface area contributed by atoms with E-state index in [2.05, 4.69) is 164 Å². The molecule has 0 amide bonds. The SMILES string of the molecule is C[C@H]1C[C@@H]2C[C@@H](C)C[C@H](C1)C21c2ccccc2S(=O)(=O)c2cc(N(c3ccc(-c4ccccc4-c4cccc5oc6ccccc6c45)cc3)c3cccc(-c4ccccc4)c3)ccc21. The lowest BCUT2D eigenvalue weighted by Gasteiger charge is -2.59. The van der Waals surface area contributed by atoms with E-state index in [-0.39, 0.29) is 5.41 Å². The number of fused-ring (bicyclic) bond motifs is 5. The molecular weight excluding hydrogens is 803 g/mol. The molecule has 64 heavy (non-hydrogen) atoms. The largest absolute Gasteiger partial charge is 0.456 e. The Kier molecular flexibility index (Phi) is 9.10. The molecule has 0 radical (unpaired) electrons. The summed E-state index contributed by atoms with van der Waals surface area (Å²) in [6.45, 7) is 4.79. The molecule has 1 aromatic heterocycles. The van der Waals surface area contributed by atoms with Crippen LogP contribution in [0.25, 0.3) is 55.3 Å². The lowest BCUT2D eigenvalue weighted by molar-refractivity contribution is 0.0231. The molecule has 2 heterocycles. The second-order valence-electron chi connectivity index (χ2n) is 18.7. The Balaban J connectivity index is 1.02. The molecule has 2 saturated carbocycles. The molecule has 4 nitrogen and oxygen atoms in total. The smallest absolute Gasteiger partial charge is 0.207 e. The summed E-state index contributed by atoms with van der Waals surface area (Å²) in [6.07, 6.45) is 4.44. The van der Waals surface area contributed by atoms with E-state index in [4.69, 9.17) is 4.42 Å². The molecular formula is C59H49NO3S. The Labute approximate surface area is 375 Å². The van der Waals surface area contributed by atoms with Crippen LogP contribution >= 0.6 is 0 Å². The second kappa shape index (κ2) is 15.0.